The lowest BCUT2D eigenvalue weighted by Crippen LogP contribution is -2.34. The number of benzene rings is 1. The first-order chi connectivity index (χ1) is 8.11. The lowest BCUT2D eigenvalue weighted by Gasteiger charge is -2.18. The minimum atomic E-state index is -3.31. The monoisotopic (exact) mass is 291 g/mol. The van der Waals surface area contributed by atoms with Gasteiger partial charge in [-0.1, -0.05) is 17.7 Å². The summed E-state index contributed by atoms with van der Waals surface area (Å²) in [7, 11) is -3.31. The van der Waals surface area contributed by atoms with E-state index in [1.807, 2.05) is 0 Å². The van der Waals surface area contributed by atoms with Gasteiger partial charge in [-0.15, -0.1) is 0 Å². The summed E-state index contributed by atoms with van der Waals surface area (Å²) in [6, 6.07) is 4.79. The molecule has 1 rings (SSSR count). The molecule has 1 aromatic rings. The molecule has 0 unspecified atom stereocenters. The Labute approximate surface area is 113 Å². The summed E-state index contributed by atoms with van der Waals surface area (Å²) in [5, 5.41) is 13.0. The van der Waals surface area contributed by atoms with Crippen molar-refractivity contribution in [3.63, 3.8) is 0 Å². The van der Waals surface area contributed by atoms with Gasteiger partial charge >= 0.3 is 0 Å². The lowest BCUT2D eigenvalue weighted by atomic mass is 10.1. The number of aliphatic hydroxyl groups is 1. The van der Waals surface area contributed by atoms with Gasteiger partial charge in [-0.2, -0.15) is 0 Å². The highest BCUT2D eigenvalue weighted by Crippen LogP contribution is 2.23. The van der Waals surface area contributed by atoms with Crippen molar-refractivity contribution in [2.75, 3.05) is 12.8 Å². The van der Waals surface area contributed by atoms with Crippen LogP contribution in [0.4, 0.5) is 0 Å². The minimum absolute atomic E-state index is 0.221. The van der Waals surface area contributed by atoms with Crippen molar-refractivity contribution < 1.29 is 13.5 Å². The summed E-state index contributed by atoms with van der Waals surface area (Å²) >= 11 is 6.02. The second kappa shape index (κ2) is 5.57. The molecule has 0 saturated carbocycles. The third kappa shape index (κ3) is 4.57. The third-order valence-electron chi connectivity index (χ3n) is 2.33. The van der Waals surface area contributed by atoms with E-state index in [1.165, 1.54) is 6.07 Å². The smallest absolute Gasteiger partial charge is 0.175 e. The number of hydrogen-bond donors (Lipinski definition) is 2. The normalized spacial score (nSPS) is 12.7. The zero-order valence-electron chi connectivity index (χ0n) is 10.7. The molecular formula is C12H18ClNO3S. The maximum absolute atomic E-state index is 11.6. The predicted molar refractivity (Wildman–Crippen MR) is 72.6 cm³/mol. The Hall–Kier alpha value is -0.620. The van der Waals surface area contributed by atoms with Crippen LogP contribution >= 0.6 is 11.6 Å². The summed E-state index contributed by atoms with van der Waals surface area (Å²) in [5.74, 6) is 0. The van der Waals surface area contributed by atoms with Crippen LogP contribution in [0.3, 0.4) is 0 Å². The second-order valence-electron chi connectivity index (χ2n) is 4.90. The molecular weight excluding hydrogens is 274 g/mol. The van der Waals surface area contributed by atoms with Gasteiger partial charge in [0, 0.05) is 29.9 Å². The third-order valence-corrected chi connectivity index (χ3v) is 3.87. The highest BCUT2D eigenvalue weighted by atomic mass is 35.5. The molecule has 0 radical (unpaired) electrons. The lowest BCUT2D eigenvalue weighted by molar-refractivity contribution is 0.0794. The molecule has 0 fully saturated rings. The molecule has 4 nitrogen and oxygen atoms in total. The van der Waals surface area contributed by atoms with Crippen LogP contribution in [0.2, 0.25) is 5.02 Å². The fraction of sp³-hybridized carbons (Fsp3) is 0.500. The summed E-state index contributed by atoms with van der Waals surface area (Å²) < 4.78 is 23.3. The summed E-state index contributed by atoms with van der Waals surface area (Å²) in [5.41, 5.74) is -0.321. The predicted octanol–water partition coefficient (Wildman–Crippen LogP) is 1.60. The molecule has 0 saturated heterocycles. The van der Waals surface area contributed by atoms with Gasteiger partial charge in [0.25, 0.3) is 0 Å². The average Bonchev–Trinajstić information content (AvgIpc) is 2.16. The Kier molecular flexibility index (Phi) is 4.78. The Bertz CT molecular complexity index is 521. The van der Waals surface area contributed by atoms with Crippen LogP contribution in [0.25, 0.3) is 0 Å². The quantitative estimate of drug-likeness (QED) is 0.865. The van der Waals surface area contributed by atoms with E-state index in [0.29, 0.717) is 23.7 Å². The van der Waals surface area contributed by atoms with Gasteiger partial charge in [-0.05, 0) is 26.0 Å². The van der Waals surface area contributed by atoms with Crippen molar-refractivity contribution in [2.24, 2.45) is 0 Å². The molecule has 18 heavy (non-hydrogen) atoms. The van der Waals surface area contributed by atoms with Crippen LogP contribution in [0.15, 0.2) is 23.1 Å². The standard InChI is InChI=1S/C12H18ClNO3S/c1-12(2,15)8-14-7-9-10(13)5-4-6-11(9)18(3,16)17/h4-6,14-15H,7-8H2,1-3H3. The largest absolute Gasteiger partial charge is 0.389 e. The van der Waals surface area contributed by atoms with E-state index in [2.05, 4.69) is 5.32 Å². The van der Waals surface area contributed by atoms with Gasteiger partial charge in [0.2, 0.25) is 0 Å². The van der Waals surface area contributed by atoms with E-state index < -0.39 is 15.4 Å². The van der Waals surface area contributed by atoms with Crippen LogP contribution in [0, 0.1) is 0 Å². The molecule has 0 aliphatic heterocycles. The first-order valence-electron chi connectivity index (χ1n) is 5.52. The van der Waals surface area contributed by atoms with Crippen molar-refractivity contribution in [3.05, 3.63) is 28.8 Å². The van der Waals surface area contributed by atoms with Crippen molar-refractivity contribution >= 4 is 21.4 Å². The van der Waals surface area contributed by atoms with E-state index in [4.69, 9.17) is 11.6 Å². The van der Waals surface area contributed by atoms with Gasteiger partial charge in [-0.3, -0.25) is 0 Å². The maximum Gasteiger partial charge on any atom is 0.175 e. The van der Waals surface area contributed by atoms with Crippen LogP contribution in [-0.4, -0.2) is 31.9 Å². The minimum Gasteiger partial charge on any atom is -0.389 e. The van der Waals surface area contributed by atoms with E-state index in [0.717, 1.165) is 6.26 Å². The van der Waals surface area contributed by atoms with Crippen molar-refractivity contribution in [2.45, 2.75) is 30.9 Å². The van der Waals surface area contributed by atoms with E-state index in [9.17, 15) is 13.5 Å². The Morgan fingerprint density at radius 2 is 2.00 bits per heavy atom. The maximum atomic E-state index is 11.6. The molecule has 0 amide bonds. The van der Waals surface area contributed by atoms with Gasteiger partial charge in [0.05, 0.1) is 10.5 Å². The molecule has 0 spiro atoms. The molecule has 0 heterocycles. The number of halogens is 1. The van der Waals surface area contributed by atoms with Crippen LogP contribution in [-0.2, 0) is 16.4 Å². The molecule has 0 aromatic heterocycles. The van der Waals surface area contributed by atoms with Crippen LogP contribution in [0.5, 0.6) is 0 Å². The number of nitrogens with one attached hydrogen (secondary N) is 1. The summed E-state index contributed by atoms with van der Waals surface area (Å²) in [4.78, 5) is 0.221. The van der Waals surface area contributed by atoms with Gasteiger partial charge < -0.3 is 10.4 Å². The molecule has 0 bridgehead atoms. The van der Waals surface area contributed by atoms with Crippen LogP contribution in [0.1, 0.15) is 19.4 Å². The Morgan fingerprint density at radius 3 is 2.50 bits per heavy atom. The van der Waals surface area contributed by atoms with E-state index in [1.54, 1.807) is 26.0 Å². The van der Waals surface area contributed by atoms with E-state index >= 15 is 0 Å². The molecule has 0 aliphatic carbocycles. The Balaban J connectivity index is 2.95. The van der Waals surface area contributed by atoms with Crippen molar-refractivity contribution in [1.82, 2.24) is 5.32 Å². The molecule has 6 heteroatoms. The first kappa shape index (κ1) is 15.4. The average molecular weight is 292 g/mol. The summed E-state index contributed by atoms with van der Waals surface area (Å²) in [6.07, 6.45) is 1.15. The Morgan fingerprint density at radius 1 is 1.39 bits per heavy atom. The van der Waals surface area contributed by atoms with Crippen molar-refractivity contribution in [3.8, 4) is 0 Å². The molecule has 0 atom stereocenters. The highest BCUT2D eigenvalue weighted by molar-refractivity contribution is 7.90. The fourth-order valence-electron chi connectivity index (χ4n) is 1.55. The van der Waals surface area contributed by atoms with Gasteiger partial charge in [-0.25, -0.2) is 8.42 Å². The number of hydrogen-bond acceptors (Lipinski definition) is 4. The van der Waals surface area contributed by atoms with E-state index in [-0.39, 0.29) is 4.90 Å². The molecule has 2 N–H and O–H groups in total. The van der Waals surface area contributed by atoms with Crippen LogP contribution < -0.4 is 5.32 Å². The molecule has 1 aromatic carbocycles. The van der Waals surface area contributed by atoms with Gasteiger partial charge in [0.1, 0.15) is 0 Å². The fourth-order valence-corrected chi connectivity index (χ4v) is 2.80. The topological polar surface area (TPSA) is 66.4 Å². The highest BCUT2D eigenvalue weighted by Gasteiger charge is 2.17. The first-order valence-corrected chi connectivity index (χ1v) is 7.79. The zero-order valence-corrected chi connectivity index (χ0v) is 12.3. The second-order valence-corrected chi connectivity index (χ2v) is 7.30. The number of sulfone groups is 1. The molecule has 102 valence electrons. The zero-order chi connectivity index (χ0) is 14.0. The van der Waals surface area contributed by atoms with Gasteiger partial charge in [0.15, 0.2) is 9.84 Å². The number of rotatable bonds is 5. The SMILES string of the molecule is CC(C)(O)CNCc1c(Cl)cccc1S(C)(=O)=O. The van der Waals surface area contributed by atoms with Crippen molar-refractivity contribution in [1.29, 1.82) is 0 Å². The molecule has 0 aliphatic rings. The summed E-state index contributed by atoms with van der Waals surface area (Å²) in [6.45, 7) is 3.99.